The van der Waals surface area contributed by atoms with Crippen molar-refractivity contribution < 1.29 is 0 Å². The molecule has 0 bridgehead atoms. The quantitative estimate of drug-likeness (QED) is 0.520. The van der Waals surface area contributed by atoms with Crippen LogP contribution >= 0.6 is 0 Å². The van der Waals surface area contributed by atoms with E-state index >= 15 is 0 Å². The van der Waals surface area contributed by atoms with Crippen LogP contribution in [0.25, 0.3) is 0 Å². The number of hydrogen-bond acceptors (Lipinski definition) is 2. The smallest absolute Gasteiger partial charge is 0.0266 e. The molecule has 0 saturated heterocycles. The predicted octanol–water partition coefficient (Wildman–Crippen LogP) is 2.44. The van der Waals surface area contributed by atoms with Gasteiger partial charge in [-0.15, -0.1) is 0 Å². The first-order chi connectivity index (χ1) is 6.08. The van der Waals surface area contributed by atoms with E-state index in [2.05, 4.69) is 26.2 Å². The Hall–Kier alpha value is -0.0800. The lowest BCUT2D eigenvalue weighted by Gasteiger charge is -2.34. The van der Waals surface area contributed by atoms with Gasteiger partial charge in [-0.25, -0.2) is 0 Å². The molecule has 78 valence electrons. The third kappa shape index (κ3) is 2.68. The van der Waals surface area contributed by atoms with E-state index in [4.69, 9.17) is 5.84 Å². The molecule has 1 rings (SSSR count). The normalized spacial score (nSPS) is 23.8. The highest BCUT2D eigenvalue weighted by Crippen LogP contribution is 2.41. The Labute approximate surface area is 82.2 Å². The highest BCUT2D eigenvalue weighted by atomic mass is 15.2. The summed E-state index contributed by atoms with van der Waals surface area (Å²) < 4.78 is 0. The molecule has 3 N–H and O–H groups in total. The maximum atomic E-state index is 5.64. The first-order valence-corrected chi connectivity index (χ1v) is 5.54. The van der Waals surface area contributed by atoms with Gasteiger partial charge in [0.2, 0.25) is 0 Å². The van der Waals surface area contributed by atoms with Crippen LogP contribution in [0.2, 0.25) is 0 Å². The Morgan fingerprint density at radius 3 is 2.23 bits per heavy atom. The molecular weight excluding hydrogens is 160 g/mol. The summed E-state index contributed by atoms with van der Waals surface area (Å²) in [6, 6.07) is 0.509. The van der Waals surface area contributed by atoms with Gasteiger partial charge in [-0.3, -0.25) is 11.3 Å². The van der Waals surface area contributed by atoms with Gasteiger partial charge in [0.1, 0.15) is 0 Å². The first-order valence-electron chi connectivity index (χ1n) is 5.54. The Balaban J connectivity index is 2.53. The molecule has 1 unspecified atom stereocenters. The summed E-state index contributed by atoms with van der Waals surface area (Å²) in [5.74, 6) is 6.37. The van der Waals surface area contributed by atoms with E-state index in [1.54, 1.807) is 0 Å². The number of nitrogens with two attached hydrogens (primary N) is 1. The van der Waals surface area contributed by atoms with Crippen LogP contribution in [0.3, 0.4) is 0 Å². The van der Waals surface area contributed by atoms with E-state index in [1.165, 1.54) is 32.1 Å². The number of nitrogens with one attached hydrogen (secondary N) is 1. The van der Waals surface area contributed by atoms with Crippen LogP contribution in [0.1, 0.15) is 52.9 Å². The predicted molar refractivity (Wildman–Crippen MR) is 57.1 cm³/mol. The Morgan fingerprint density at radius 2 is 1.85 bits per heavy atom. The SMILES string of the molecule is CC(C)CC(NN)C1(C)CCCC1. The van der Waals surface area contributed by atoms with E-state index < -0.39 is 0 Å². The standard InChI is InChI=1S/C11H24N2/c1-9(2)8-10(13-12)11(3)6-4-5-7-11/h9-10,13H,4-8,12H2,1-3H3. The molecule has 0 aromatic rings. The molecule has 1 aliphatic rings. The highest BCUT2D eigenvalue weighted by molar-refractivity contribution is 4.90. The van der Waals surface area contributed by atoms with E-state index in [9.17, 15) is 0 Å². The van der Waals surface area contributed by atoms with Crippen LogP contribution in [-0.2, 0) is 0 Å². The molecule has 1 atom stereocenters. The topological polar surface area (TPSA) is 38.0 Å². The van der Waals surface area contributed by atoms with Gasteiger partial charge in [-0.05, 0) is 30.6 Å². The maximum absolute atomic E-state index is 5.64. The molecule has 0 radical (unpaired) electrons. The van der Waals surface area contributed by atoms with E-state index in [0.717, 1.165) is 5.92 Å². The van der Waals surface area contributed by atoms with Crippen LogP contribution in [0, 0.1) is 11.3 Å². The molecule has 0 aliphatic heterocycles. The van der Waals surface area contributed by atoms with Crippen molar-refractivity contribution in [3.05, 3.63) is 0 Å². The van der Waals surface area contributed by atoms with Crippen molar-refractivity contribution in [2.45, 2.75) is 58.9 Å². The molecule has 0 aromatic carbocycles. The van der Waals surface area contributed by atoms with Crippen molar-refractivity contribution in [3.63, 3.8) is 0 Å². The summed E-state index contributed by atoms with van der Waals surface area (Å²) in [7, 11) is 0. The second kappa shape index (κ2) is 4.43. The second-order valence-electron chi connectivity index (χ2n) is 5.21. The van der Waals surface area contributed by atoms with Crippen LogP contribution < -0.4 is 11.3 Å². The van der Waals surface area contributed by atoms with Crippen molar-refractivity contribution in [3.8, 4) is 0 Å². The zero-order valence-electron chi connectivity index (χ0n) is 9.27. The lowest BCUT2D eigenvalue weighted by atomic mass is 9.77. The van der Waals surface area contributed by atoms with Gasteiger partial charge in [0.05, 0.1) is 0 Å². The molecule has 13 heavy (non-hydrogen) atoms. The number of hydrazine groups is 1. The molecule has 1 saturated carbocycles. The summed E-state index contributed by atoms with van der Waals surface area (Å²) in [5, 5.41) is 0. The van der Waals surface area contributed by atoms with Gasteiger partial charge in [-0.1, -0.05) is 33.6 Å². The van der Waals surface area contributed by atoms with Crippen molar-refractivity contribution in [1.82, 2.24) is 5.43 Å². The van der Waals surface area contributed by atoms with Gasteiger partial charge < -0.3 is 0 Å². The summed E-state index contributed by atoms with van der Waals surface area (Å²) in [6.45, 7) is 6.91. The number of hydrogen-bond donors (Lipinski definition) is 2. The average molecular weight is 184 g/mol. The van der Waals surface area contributed by atoms with Crippen molar-refractivity contribution in [2.24, 2.45) is 17.2 Å². The molecule has 0 heterocycles. The molecule has 1 aliphatic carbocycles. The number of rotatable bonds is 4. The maximum Gasteiger partial charge on any atom is 0.0266 e. The minimum Gasteiger partial charge on any atom is -0.271 e. The Morgan fingerprint density at radius 1 is 1.31 bits per heavy atom. The molecule has 0 spiro atoms. The van der Waals surface area contributed by atoms with E-state index in [1.807, 2.05) is 0 Å². The van der Waals surface area contributed by atoms with Crippen molar-refractivity contribution in [1.29, 1.82) is 0 Å². The summed E-state index contributed by atoms with van der Waals surface area (Å²) in [4.78, 5) is 0. The van der Waals surface area contributed by atoms with Gasteiger partial charge in [0.15, 0.2) is 0 Å². The van der Waals surface area contributed by atoms with Gasteiger partial charge in [0.25, 0.3) is 0 Å². The monoisotopic (exact) mass is 184 g/mol. The van der Waals surface area contributed by atoms with Gasteiger partial charge in [-0.2, -0.15) is 0 Å². The molecule has 2 heteroatoms. The minimum atomic E-state index is 0.457. The van der Waals surface area contributed by atoms with Crippen molar-refractivity contribution >= 4 is 0 Å². The fraction of sp³-hybridized carbons (Fsp3) is 1.00. The van der Waals surface area contributed by atoms with Crippen LogP contribution in [0.15, 0.2) is 0 Å². The third-order valence-corrected chi connectivity index (χ3v) is 3.50. The fourth-order valence-electron chi connectivity index (χ4n) is 2.56. The molecule has 2 nitrogen and oxygen atoms in total. The summed E-state index contributed by atoms with van der Waals surface area (Å²) in [6.07, 6.45) is 6.65. The van der Waals surface area contributed by atoms with Gasteiger partial charge in [0, 0.05) is 6.04 Å². The van der Waals surface area contributed by atoms with E-state index in [-0.39, 0.29) is 0 Å². The minimum absolute atomic E-state index is 0.457. The van der Waals surface area contributed by atoms with Gasteiger partial charge >= 0.3 is 0 Å². The average Bonchev–Trinajstić information content (AvgIpc) is 2.48. The summed E-state index contributed by atoms with van der Waals surface area (Å²) in [5.41, 5.74) is 3.47. The van der Waals surface area contributed by atoms with Crippen LogP contribution in [0.4, 0.5) is 0 Å². The van der Waals surface area contributed by atoms with Crippen LogP contribution in [-0.4, -0.2) is 6.04 Å². The molecule has 0 aromatic heterocycles. The molecular formula is C11H24N2. The third-order valence-electron chi connectivity index (χ3n) is 3.50. The largest absolute Gasteiger partial charge is 0.271 e. The molecule has 0 amide bonds. The Kier molecular flexibility index (Phi) is 3.74. The van der Waals surface area contributed by atoms with E-state index in [0.29, 0.717) is 11.5 Å². The second-order valence-corrected chi connectivity index (χ2v) is 5.21. The van der Waals surface area contributed by atoms with Crippen LogP contribution in [0.5, 0.6) is 0 Å². The van der Waals surface area contributed by atoms with Crippen molar-refractivity contribution in [2.75, 3.05) is 0 Å². The lowest BCUT2D eigenvalue weighted by molar-refractivity contribution is 0.195. The fourth-order valence-corrected chi connectivity index (χ4v) is 2.56. The zero-order valence-corrected chi connectivity index (χ0v) is 9.27. The molecule has 1 fully saturated rings. The zero-order chi connectivity index (χ0) is 9.90. The Bertz CT molecular complexity index is 148. The summed E-state index contributed by atoms with van der Waals surface area (Å²) >= 11 is 0. The highest BCUT2D eigenvalue weighted by Gasteiger charge is 2.36. The lowest BCUT2D eigenvalue weighted by Crippen LogP contribution is -2.46. The first kappa shape index (κ1) is 11.0.